The minimum Gasteiger partial charge on any atom is -0.509 e. The van der Waals surface area contributed by atoms with Crippen LogP contribution in [0.5, 0.6) is 11.5 Å². The van der Waals surface area contributed by atoms with E-state index in [1.807, 2.05) is 12.3 Å². The second kappa shape index (κ2) is 21.4. The van der Waals surface area contributed by atoms with Gasteiger partial charge in [-0.05, 0) is 109 Å². The van der Waals surface area contributed by atoms with Gasteiger partial charge < -0.3 is 19.1 Å². The van der Waals surface area contributed by atoms with Gasteiger partial charge in [0.05, 0.1) is 0 Å². The maximum atomic E-state index is 7.16. The first kappa shape index (κ1) is 53.9. The molecule has 0 bridgehead atoms. The summed E-state index contributed by atoms with van der Waals surface area (Å²) in [6.45, 7) is 27.5. The molecular weight excluding hydrogens is 1130 g/mol. The zero-order chi connectivity index (χ0) is 53.8. The molecule has 1 aliphatic heterocycles. The molecular formula is C72H69N4OPt-3. The van der Waals surface area contributed by atoms with Crippen molar-refractivity contribution in [3.8, 4) is 28.4 Å². The summed E-state index contributed by atoms with van der Waals surface area (Å²) in [6, 6.07) is 75.1. The van der Waals surface area contributed by atoms with Crippen LogP contribution >= 0.6 is 0 Å². The number of rotatable bonds is 13. The average molecular weight is 1200 g/mol. The number of hydrogen-bond acceptors (Lipinski definition) is 4. The molecule has 3 heterocycles. The number of fused-ring (bicyclic) bond motifs is 3. The number of aromatic nitrogens is 2. The van der Waals surface area contributed by atoms with Crippen molar-refractivity contribution in [1.82, 2.24) is 9.55 Å². The van der Waals surface area contributed by atoms with Crippen LogP contribution in [0.1, 0.15) is 133 Å². The van der Waals surface area contributed by atoms with E-state index >= 15 is 0 Å². The first-order valence-corrected chi connectivity index (χ1v) is 27.2. The molecule has 1 aliphatic rings. The monoisotopic (exact) mass is 1200 g/mol. The van der Waals surface area contributed by atoms with Crippen LogP contribution in [0.15, 0.2) is 200 Å². The summed E-state index contributed by atoms with van der Waals surface area (Å²) in [7, 11) is 0. The van der Waals surface area contributed by atoms with Gasteiger partial charge in [0.1, 0.15) is 5.82 Å². The zero-order valence-electron chi connectivity index (χ0n) is 46.8. The summed E-state index contributed by atoms with van der Waals surface area (Å²) in [5, 5.41) is 2.25. The molecule has 6 heteroatoms. The molecule has 0 fully saturated rings. The Morgan fingerprint density at radius 2 is 1.15 bits per heavy atom. The molecule has 0 unspecified atom stereocenters. The quantitative estimate of drug-likeness (QED) is 0.108. The molecule has 0 amide bonds. The molecule has 0 spiro atoms. The molecule has 8 aromatic carbocycles. The molecule has 5 nitrogen and oxygen atoms in total. The van der Waals surface area contributed by atoms with Crippen molar-refractivity contribution in [2.24, 2.45) is 0 Å². The van der Waals surface area contributed by atoms with E-state index in [2.05, 4.69) is 298 Å². The van der Waals surface area contributed by atoms with Gasteiger partial charge in [-0.15, -0.1) is 48.3 Å². The molecule has 0 atom stereocenters. The minimum absolute atomic E-state index is 0. The van der Waals surface area contributed by atoms with Gasteiger partial charge in [0.15, 0.2) is 0 Å². The van der Waals surface area contributed by atoms with Crippen LogP contribution < -0.4 is 14.5 Å². The Hall–Kier alpha value is -7.46. The summed E-state index contributed by atoms with van der Waals surface area (Å²) < 4.78 is 9.43. The SMILES string of the molecule is CC(C)c1cccc(C(C)C)c1C1=CN(c2cc(-c3ccccc3)cc(C(C)(C)C)c2)[CH-]N1c1[c-]c(Oc2[c-]c3c(c(C(C)(C)c4ccccc4)c2)c2ccccc2n3-c2cc(C(C)(C)c3ccccc3)ccn2)ccc1.[Pt]. The van der Waals surface area contributed by atoms with Gasteiger partial charge in [0.2, 0.25) is 0 Å². The second-order valence-corrected chi connectivity index (χ2v) is 23.4. The number of pyridine rings is 1. The van der Waals surface area contributed by atoms with Crippen LogP contribution in [-0.2, 0) is 37.3 Å². The maximum Gasteiger partial charge on any atom is 0.135 e. The number of nitrogens with zero attached hydrogens (tertiary/aromatic N) is 4. The Bertz CT molecular complexity index is 3780. The third kappa shape index (κ3) is 10.1. The third-order valence-electron chi connectivity index (χ3n) is 15.8. The van der Waals surface area contributed by atoms with E-state index in [1.165, 1.54) is 50.1 Å². The first-order chi connectivity index (χ1) is 37.0. The number of para-hydroxylation sites is 1. The fraction of sp³-hybridized carbons (Fsp3) is 0.222. The summed E-state index contributed by atoms with van der Waals surface area (Å²) in [6.07, 6.45) is 4.26. The van der Waals surface area contributed by atoms with Gasteiger partial charge in [-0.1, -0.05) is 221 Å². The van der Waals surface area contributed by atoms with Gasteiger partial charge >= 0.3 is 0 Å². The number of ether oxygens (including phenoxy) is 1. The van der Waals surface area contributed by atoms with Crippen LogP contribution in [-0.4, -0.2) is 9.55 Å². The van der Waals surface area contributed by atoms with Crippen LogP contribution in [0, 0.1) is 18.8 Å². The van der Waals surface area contributed by atoms with Crippen molar-refractivity contribution in [3.05, 3.63) is 264 Å². The van der Waals surface area contributed by atoms with E-state index in [1.54, 1.807) is 0 Å². The van der Waals surface area contributed by atoms with Crippen molar-refractivity contribution in [3.63, 3.8) is 0 Å². The standard InChI is InChI=1S/C72H69N4O.Pt/c1-48(2)60-34-24-35-61(49(3)4)68(60)66-46-74(57-40-51(50-25-15-12-16-26-50)39-55(41-57)70(5,6)7)47-75(66)56-31-23-32-58(43-56)77-59-44-63(72(10,11)53-29-19-14-20-30-53)69-62-33-21-22-36-64(62)76(65(69)45-59)67-42-54(37-38-73-67)71(8,9)52-27-17-13-18-28-52;/h12-42,44,46-49H,1-11H3;/q-3;. The predicted molar refractivity (Wildman–Crippen MR) is 322 cm³/mol. The van der Waals surface area contributed by atoms with Crippen molar-refractivity contribution in [2.45, 2.75) is 104 Å². The zero-order valence-corrected chi connectivity index (χ0v) is 49.1. The van der Waals surface area contributed by atoms with E-state index in [0.29, 0.717) is 11.5 Å². The summed E-state index contributed by atoms with van der Waals surface area (Å²) in [5.74, 6) is 2.58. The van der Waals surface area contributed by atoms with Crippen LogP contribution in [0.3, 0.4) is 0 Å². The van der Waals surface area contributed by atoms with Crippen molar-refractivity contribution in [2.75, 3.05) is 9.80 Å². The van der Waals surface area contributed by atoms with Crippen LogP contribution in [0.2, 0.25) is 0 Å². The molecule has 2 aromatic heterocycles. The van der Waals surface area contributed by atoms with E-state index in [0.717, 1.165) is 50.3 Å². The van der Waals surface area contributed by atoms with E-state index in [4.69, 9.17) is 9.72 Å². The van der Waals surface area contributed by atoms with Crippen molar-refractivity contribution >= 4 is 38.9 Å². The number of anilines is 2. The summed E-state index contributed by atoms with van der Waals surface area (Å²) >= 11 is 0. The molecule has 10 aromatic rings. The summed E-state index contributed by atoms with van der Waals surface area (Å²) in [4.78, 5) is 9.71. The molecule has 0 radical (unpaired) electrons. The topological polar surface area (TPSA) is 33.5 Å². The molecule has 396 valence electrons. The van der Waals surface area contributed by atoms with Crippen molar-refractivity contribution < 1.29 is 25.8 Å². The number of benzene rings is 8. The van der Waals surface area contributed by atoms with Crippen LogP contribution in [0.4, 0.5) is 11.4 Å². The van der Waals surface area contributed by atoms with Gasteiger partial charge in [-0.25, -0.2) is 4.98 Å². The third-order valence-corrected chi connectivity index (χ3v) is 15.8. The Kier molecular flexibility index (Phi) is 14.8. The average Bonchev–Trinajstić information content (AvgIpc) is 4.23. The fourth-order valence-corrected chi connectivity index (χ4v) is 11.3. The van der Waals surface area contributed by atoms with E-state index in [-0.39, 0.29) is 43.7 Å². The Morgan fingerprint density at radius 1 is 0.538 bits per heavy atom. The van der Waals surface area contributed by atoms with Gasteiger partial charge in [0, 0.05) is 66.6 Å². The fourth-order valence-electron chi connectivity index (χ4n) is 11.3. The maximum absolute atomic E-state index is 7.16. The second-order valence-electron chi connectivity index (χ2n) is 23.4. The molecule has 0 saturated heterocycles. The normalized spacial score (nSPS) is 13.2. The molecule has 0 aliphatic carbocycles. The van der Waals surface area contributed by atoms with Gasteiger partial charge in [-0.2, -0.15) is 6.07 Å². The molecule has 0 saturated carbocycles. The minimum atomic E-state index is -0.436. The Labute approximate surface area is 477 Å². The van der Waals surface area contributed by atoms with E-state index < -0.39 is 5.41 Å². The molecule has 78 heavy (non-hydrogen) atoms. The van der Waals surface area contributed by atoms with Crippen molar-refractivity contribution in [1.29, 1.82) is 0 Å². The van der Waals surface area contributed by atoms with Gasteiger partial charge in [0.25, 0.3) is 0 Å². The Morgan fingerprint density at radius 3 is 1.81 bits per heavy atom. The first-order valence-electron chi connectivity index (χ1n) is 27.2. The smallest absolute Gasteiger partial charge is 0.135 e. The Balaban J connectivity index is 0.00000688. The molecule has 0 N–H and O–H groups in total. The molecule has 11 rings (SSSR count). The largest absolute Gasteiger partial charge is 0.509 e. The predicted octanol–water partition coefficient (Wildman–Crippen LogP) is 18.9. The summed E-state index contributed by atoms with van der Waals surface area (Å²) in [5.41, 5.74) is 16.4. The van der Waals surface area contributed by atoms with E-state index in [9.17, 15) is 0 Å². The van der Waals surface area contributed by atoms with Gasteiger partial charge in [-0.3, -0.25) is 0 Å². The number of hydrogen-bond donors (Lipinski definition) is 0. The van der Waals surface area contributed by atoms with Crippen LogP contribution in [0.25, 0.3) is 44.4 Å².